The average molecular weight is 570 g/mol. The van der Waals surface area contributed by atoms with E-state index in [2.05, 4.69) is 31.9 Å². The lowest BCUT2D eigenvalue weighted by atomic mass is 9.93. The van der Waals surface area contributed by atoms with Crippen LogP contribution in [0.4, 0.5) is 0 Å². The quantitative estimate of drug-likeness (QED) is 0.194. The first-order chi connectivity index (χ1) is 15.9. The zero-order valence-corrected chi connectivity index (χ0v) is 20.9. The topological polar surface area (TPSA) is 61.8 Å². The van der Waals surface area contributed by atoms with Gasteiger partial charge in [0.2, 0.25) is 5.78 Å². The van der Waals surface area contributed by atoms with E-state index in [1.54, 1.807) is 62.8 Å². The molecule has 0 saturated carbocycles. The van der Waals surface area contributed by atoms with Crippen molar-refractivity contribution in [1.82, 2.24) is 0 Å². The minimum absolute atomic E-state index is 0.0193. The lowest BCUT2D eigenvalue weighted by molar-refractivity contribution is -0.132. The monoisotopic (exact) mass is 568 g/mol. The Kier molecular flexibility index (Phi) is 6.81. The Morgan fingerprint density at radius 1 is 0.909 bits per heavy atom. The molecular formula is C26H18Br2O5. The number of benzene rings is 3. The highest BCUT2D eigenvalue weighted by Gasteiger charge is 2.36. The van der Waals surface area contributed by atoms with Crippen LogP contribution in [-0.4, -0.2) is 26.0 Å². The molecule has 3 aromatic rings. The molecule has 0 fully saturated rings. The van der Waals surface area contributed by atoms with Crippen LogP contribution in [0.3, 0.4) is 0 Å². The Hall–Kier alpha value is -3.16. The molecule has 0 atom stereocenters. The van der Waals surface area contributed by atoms with Crippen molar-refractivity contribution >= 4 is 55.3 Å². The number of Topliss-reactive ketones (excluding diaryl/α,β-unsaturated/α-hetero) is 1. The van der Waals surface area contributed by atoms with Gasteiger partial charge < -0.3 is 14.2 Å². The van der Waals surface area contributed by atoms with E-state index < -0.39 is 11.8 Å². The average Bonchev–Trinajstić information content (AvgIpc) is 3.14. The van der Waals surface area contributed by atoms with E-state index in [9.17, 15) is 9.59 Å². The van der Waals surface area contributed by atoms with Crippen LogP contribution in [0, 0.1) is 0 Å². The largest absolute Gasteiger partial charge is 0.497 e. The summed E-state index contributed by atoms with van der Waals surface area (Å²) >= 11 is 6.85. The minimum Gasteiger partial charge on any atom is -0.497 e. The van der Waals surface area contributed by atoms with Crippen molar-refractivity contribution in [3.63, 3.8) is 0 Å². The van der Waals surface area contributed by atoms with E-state index in [1.165, 1.54) is 0 Å². The number of ether oxygens (including phenoxy) is 3. The van der Waals surface area contributed by atoms with Crippen LogP contribution in [0.5, 0.6) is 11.5 Å². The molecule has 0 unspecified atom stereocenters. The highest BCUT2D eigenvalue weighted by atomic mass is 79.9. The maximum Gasteiger partial charge on any atom is 0.348 e. The molecule has 1 aliphatic rings. The van der Waals surface area contributed by atoms with Gasteiger partial charge in [-0.2, -0.15) is 0 Å². The third kappa shape index (κ3) is 4.79. The summed E-state index contributed by atoms with van der Waals surface area (Å²) in [7, 11) is 3.16. The van der Waals surface area contributed by atoms with Crippen molar-refractivity contribution in [2.45, 2.75) is 0 Å². The van der Waals surface area contributed by atoms with Gasteiger partial charge in [0.25, 0.3) is 0 Å². The maximum absolute atomic E-state index is 13.4. The van der Waals surface area contributed by atoms with E-state index in [0.29, 0.717) is 38.4 Å². The van der Waals surface area contributed by atoms with Crippen LogP contribution >= 0.6 is 31.9 Å². The van der Waals surface area contributed by atoms with Crippen molar-refractivity contribution in [1.29, 1.82) is 0 Å². The molecule has 1 heterocycles. The van der Waals surface area contributed by atoms with Gasteiger partial charge in [0.05, 0.1) is 18.7 Å². The molecule has 0 saturated heterocycles. The molecule has 0 aromatic heterocycles. The summed E-state index contributed by atoms with van der Waals surface area (Å²) in [6.45, 7) is 0. The van der Waals surface area contributed by atoms with Gasteiger partial charge in [0, 0.05) is 15.6 Å². The first-order valence-electron chi connectivity index (χ1n) is 9.88. The number of hydrogen-bond donors (Lipinski definition) is 0. The summed E-state index contributed by atoms with van der Waals surface area (Å²) in [5.74, 6) is 0.535. The highest BCUT2D eigenvalue weighted by molar-refractivity contribution is 9.10. The first-order valence-corrected chi connectivity index (χ1v) is 11.5. The molecule has 33 heavy (non-hydrogen) atoms. The minimum atomic E-state index is -0.690. The van der Waals surface area contributed by atoms with E-state index in [0.717, 1.165) is 10.0 Å². The molecule has 0 N–H and O–H groups in total. The number of ketones is 1. The van der Waals surface area contributed by atoms with Crippen molar-refractivity contribution < 1.29 is 23.8 Å². The fraction of sp³-hybridized carbons (Fsp3) is 0.0769. The van der Waals surface area contributed by atoms with Gasteiger partial charge in [-0.3, -0.25) is 4.79 Å². The maximum atomic E-state index is 13.4. The lowest BCUT2D eigenvalue weighted by Crippen LogP contribution is -2.11. The predicted molar refractivity (Wildman–Crippen MR) is 133 cm³/mol. The summed E-state index contributed by atoms with van der Waals surface area (Å²) in [4.78, 5) is 26.3. The van der Waals surface area contributed by atoms with Gasteiger partial charge in [-0.15, -0.1) is 0 Å². The molecule has 166 valence electrons. The zero-order valence-electron chi connectivity index (χ0n) is 17.7. The number of carbonyl (C=O) groups is 2. The summed E-state index contributed by atoms with van der Waals surface area (Å²) in [6, 6.07) is 19.5. The molecular weight excluding hydrogens is 552 g/mol. The van der Waals surface area contributed by atoms with Gasteiger partial charge in [0.1, 0.15) is 22.8 Å². The molecule has 5 nitrogen and oxygen atoms in total. The molecule has 1 aliphatic heterocycles. The van der Waals surface area contributed by atoms with Crippen molar-refractivity contribution in [3.8, 4) is 11.5 Å². The molecule has 7 heteroatoms. The van der Waals surface area contributed by atoms with Crippen LogP contribution in [0.25, 0.3) is 11.6 Å². The smallest absolute Gasteiger partial charge is 0.348 e. The molecule has 0 aliphatic carbocycles. The number of allylic oxidation sites excluding steroid dienone is 1. The molecule has 3 aromatic carbocycles. The molecule has 0 amide bonds. The van der Waals surface area contributed by atoms with Crippen molar-refractivity contribution in [2.75, 3.05) is 14.2 Å². The fourth-order valence-corrected chi connectivity index (χ4v) is 4.25. The molecule has 0 bridgehead atoms. The van der Waals surface area contributed by atoms with E-state index in [1.807, 2.05) is 24.3 Å². The highest BCUT2D eigenvalue weighted by Crippen LogP contribution is 2.40. The summed E-state index contributed by atoms with van der Waals surface area (Å²) in [6.07, 6.45) is 1.73. The second-order valence-corrected chi connectivity index (χ2v) is 8.88. The summed E-state index contributed by atoms with van der Waals surface area (Å²) in [5.41, 5.74) is 2.23. The van der Waals surface area contributed by atoms with E-state index in [4.69, 9.17) is 14.2 Å². The van der Waals surface area contributed by atoms with Crippen LogP contribution in [0.2, 0.25) is 0 Å². The molecule has 4 rings (SSSR count). The van der Waals surface area contributed by atoms with E-state index >= 15 is 0 Å². The van der Waals surface area contributed by atoms with Gasteiger partial charge in [-0.1, -0.05) is 34.1 Å². The summed E-state index contributed by atoms with van der Waals surface area (Å²) in [5, 5.41) is 0. The second-order valence-electron chi connectivity index (χ2n) is 7.11. The number of carbonyl (C=O) groups excluding carboxylic acids is 2. The number of rotatable bonds is 6. The Balaban J connectivity index is 1.89. The third-order valence-electron chi connectivity index (χ3n) is 5.09. The summed E-state index contributed by atoms with van der Waals surface area (Å²) < 4.78 is 17.7. The van der Waals surface area contributed by atoms with Crippen LogP contribution in [0.15, 0.2) is 87.0 Å². The van der Waals surface area contributed by atoms with Crippen LogP contribution in [0.1, 0.15) is 21.5 Å². The van der Waals surface area contributed by atoms with E-state index in [-0.39, 0.29) is 5.57 Å². The van der Waals surface area contributed by atoms with Crippen LogP contribution < -0.4 is 9.47 Å². The third-order valence-corrected chi connectivity index (χ3v) is 6.24. The second kappa shape index (κ2) is 9.77. The number of methoxy groups -OCH3 is 2. The van der Waals surface area contributed by atoms with Gasteiger partial charge in [-0.05, 0) is 81.7 Å². The van der Waals surface area contributed by atoms with Gasteiger partial charge >= 0.3 is 5.97 Å². The van der Waals surface area contributed by atoms with Crippen molar-refractivity contribution in [3.05, 3.63) is 104 Å². The van der Waals surface area contributed by atoms with Gasteiger partial charge in [-0.25, -0.2) is 4.79 Å². The Bertz CT molecular complexity index is 1290. The standard InChI is InChI=1S/C26H18Br2O5/c1-31-19-10-3-15(4-11-19)13-22-23(17-7-12-21(32-2)20(28)14-17)24(26(30)33-22)25(29)16-5-8-18(27)9-6-16/h3-14H,1-2H3/b22-13-. The predicted octanol–water partition coefficient (Wildman–Crippen LogP) is 6.46. The number of halogens is 2. The van der Waals surface area contributed by atoms with Crippen LogP contribution in [-0.2, 0) is 9.53 Å². The Morgan fingerprint density at radius 3 is 2.21 bits per heavy atom. The van der Waals surface area contributed by atoms with Gasteiger partial charge in [0.15, 0.2) is 0 Å². The normalized spacial score (nSPS) is 14.4. The number of hydrogen-bond acceptors (Lipinski definition) is 5. The first kappa shape index (κ1) is 23.0. The molecule has 0 spiro atoms. The SMILES string of the molecule is COc1ccc(/C=C2\OC(=O)C(C(=O)c3ccc(Br)cc3)=C2c2ccc(OC)c(Br)c2)cc1. The lowest BCUT2D eigenvalue weighted by Gasteiger charge is -2.09. The van der Waals surface area contributed by atoms with Crippen molar-refractivity contribution in [2.24, 2.45) is 0 Å². The zero-order chi connectivity index (χ0) is 23.5. The molecule has 0 radical (unpaired) electrons. The Morgan fingerprint density at radius 2 is 1.61 bits per heavy atom. The number of cyclic esters (lactones) is 1. The Labute approximate surface area is 207 Å². The fourth-order valence-electron chi connectivity index (χ4n) is 3.44. The number of esters is 1.